The van der Waals surface area contributed by atoms with E-state index in [0.29, 0.717) is 52.7 Å². The van der Waals surface area contributed by atoms with Gasteiger partial charge in [0, 0.05) is 42.4 Å². The maximum Gasteiger partial charge on any atom is 0.277 e. The average molecular weight is 567 g/mol. The molecule has 1 unspecified atom stereocenters. The molecule has 1 aromatic heterocycles. The second kappa shape index (κ2) is 7.92. The molecule has 1 spiro atoms. The van der Waals surface area contributed by atoms with Gasteiger partial charge in [-0.25, -0.2) is 4.98 Å². The summed E-state index contributed by atoms with van der Waals surface area (Å²) in [6, 6.07) is 1.94. The number of fused-ring (bicyclic) bond motifs is 8. The molecule has 3 fully saturated rings. The van der Waals surface area contributed by atoms with Crippen molar-refractivity contribution in [2.24, 2.45) is 0 Å². The molecule has 2 aromatic carbocycles. The molecule has 8 rings (SSSR count). The van der Waals surface area contributed by atoms with Crippen LogP contribution in [0.1, 0.15) is 46.0 Å². The van der Waals surface area contributed by atoms with E-state index < -0.39 is 29.4 Å². The number of phenolic OH excluding ortho intramolecular Hbond substituents is 1. The van der Waals surface area contributed by atoms with Crippen LogP contribution >= 0.6 is 12.2 Å². The van der Waals surface area contributed by atoms with E-state index in [1.54, 1.807) is 30.4 Å². The number of hydrogen-bond acceptors (Lipinski definition) is 11. The fourth-order valence-electron chi connectivity index (χ4n) is 7.17. The van der Waals surface area contributed by atoms with Gasteiger partial charge >= 0.3 is 0 Å². The van der Waals surface area contributed by atoms with Crippen molar-refractivity contribution in [3.8, 4) is 17.2 Å². The van der Waals surface area contributed by atoms with Crippen LogP contribution < -0.4 is 9.47 Å². The molecule has 5 atom stereocenters. The van der Waals surface area contributed by atoms with Crippen LogP contribution in [0.5, 0.6) is 17.2 Å². The van der Waals surface area contributed by atoms with Crippen molar-refractivity contribution in [3.63, 3.8) is 0 Å². The molecule has 0 amide bonds. The quantitative estimate of drug-likeness (QED) is 0.370. The summed E-state index contributed by atoms with van der Waals surface area (Å²) >= 11 is 5.42. The summed E-state index contributed by atoms with van der Waals surface area (Å²) in [5, 5.41) is 12.8. The van der Waals surface area contributed by atoms with E-state index in [2.05, 4.69) is 4.98 Å². The van der Waals surface area contributed by atoms with Gasteiger partial charge in [0.05, 0.1) is 24.7 Å². The summed E-state index contributed by atoms with van der Waals surface area (Å²) in [7, 11) is 3.10. The van der Waals surface area contributed by atoms with E-state index in [1.807, 2.05) is 13.0 Å². The zero-order valence-corrected chi connectivity index (χ0v) is 22.8. The van der Waals surface area contributed by atoms with Gasteiger partial charge in [0.2, 0.25) is 11.4 Å². The number of methoxy groups -OCH3 is 2. The Hall–Kier alpha value is -3.29. The molecule has 3 aromatic rings. The van der Waals surface area contributed by atoms with Crippen molar-refractivity contribution in [2.75, 3.05) is 27.4 Å². The largest absolute Gasteiger partial charge is 0.506 e. The summed E-state index contributed by atoms with van der Waals surface area (Å²) in [5.41, 5.74) is 1.39. The Kier molecular flexibility index (Phi) is 4.85. The van der Waals surface area contributed by atoms with Crippen LogP contribution in [-0.4, -0.2) is 76.3 Å². The number of aryl methyl sites for hydroxylation is 1. The van der Waals surface area contributed by atoms with Crippen molar-refractivity contribution in [3.05, 3.63) is 47.0 Å². The lowest BCUT2D eigenvalue weighted by Gasteiger charge is -2.48. The Balaban J connectivity index is 1.30. The minimum absolute atomic E-state index is 0.0749. The van der Waals surface area contributed by atoms with Gasteiger partial charge in [0.25, 0.3) is 11.0 Å². The zero-order valence-electron chi connectivity index (χ0n) is 22.0. The number of nitrogens with zero attached hydrogens (tertiary/aromatic N) is 2. The number of Topliss-reactive ketones (excluding diaryl/α,β-unsaturated/α-hetero) is 1. The van der Waals surface area contributed by atoms with Crippen LogP contribution in [0.25, 0.3) is 10.8 Å². The molecule has 5 aliphatic rings. The van der Waals surface area contributed by atoms with E-state index in [4.69, 9.17) is 45.4 Å². The lowest BCUT2D eigenvalue weighted by Crippen LogP contribution is -2.68. The molecule has 3 saturated heterocycles. The molecule has 1 N–H and O–H groups in total. The SMILES string of the molecule is COc1c2c(c(O)c3c4c(c(C)cc13)[C@@H]1O[C@]3(COC(=S)n5ccnc5)O[C@@H]1C(OC)(O4)[C@@]31CO1)C(=O)CCC2. The number of aromatic hydroxyl groups is 1. The van der Waals surface area contributed by atoms with Crippen molar-refractivity contribution >= 4 is 33.9 Å². The Morgan fingerprint density at radius 2 is 2.12 bits per heavy atom. The highest BCUT2D eigenvalue weighted by Gasteiger charge is 2.91. The molecule has 5 heterocycles. The minimum Gasteiger partial charge on any atom is -0.506 e. The molecule has 1 aliphatic carbocycles. The fraction of sp³-hybridized carbons (Fsp3) is 0.464. The van der Waals surface area contributed by atoms with E-state index in [-0.39, 0.29) is 35.5 Å². The highest BCUT2D eigenvalue weighted by molar-refractivity contribution is 7.80. The van der Waals surface area contributed by atoms with Crippen LogP contribution in [-0.2, 0) is 30.1 Å². The van der Waals surface area contributed by atoms with Gasteiger partial charge in [-0.2, -0.15) is 0 Å². The predicted molar refractivity (Wildman–Crippen MR) is 141 cm³/mol. The van der Waals surface area contributed by atoms with Crippen molar-refractivity contribution < 1.29 is 43.1 Å². The number of carbonyl (C=O) groups is 1. The predicted octanol–water partition coefficient (Wildman–Crippen LogP) is 3.10. The number of imidazole rings is 1. The molecule has 0 radical (unpaired) electrons. The van der Waals surface area contributed by atoms with Crippen LogP contribution in [0.3, 0.4) is 0 Å². The second-order valence-electron chi connectivity index (χ2n) is 10.8. The smallest absolute Gasteiger partial charge is 0.277 e. The molecule has 11 nitrogen and oxygen atoms in total. The number of carbonyl (C=O) groups excluding carboxylic acids is 1. The Labute approximate surface area is 233 Å². The van der Waals surface area contributed by atoms with Gasteiger partial charge in [0.15, 0.2) is 11.9 Å². The topological polar surface area (TPSA) is 123 Å². The molecule has 12 heteroatoms. The minimum atomic E-state index is -1.41. The maximum absolute atomic E-state index is 13.0. The van der Waals surface area contributed by atoms with Crippen LogP contribution in [0.15, 0.2) is 24.8 Å². The second-order valence-corrected chi connectivity index (χ2v) is 11.2. The number of aromatic nitrogens is 2. The average Bonchev–Trinajstić information content (AvgIpc) is 3.31. The number of hydrogen-bond donors (Lipinski definition) is 1. The van der Waals surface area contributed by atoms with E-state index in [9.17, 15) is 9.90 Å². The third kappa shape index (κ3) is 2.71. The van der Waals surface area contributed by atoms with Gasteiger partial charge < -0.3 is 38.3 Å². The van der Waals surface area contributed by atoms with Gasteiger partial charge in [-0.05, 0) is 43.6 Å². The molecule has 4 aliphatic heterocycles. The summed E-state index contributed by atoms with van der Waals surface area (Å²) in [6.07, 6.45) is 5.18. The highest BCUT2D eigenvalue weighted by atomic mass is 32.1. The first-order valence-electron chi connectivity index (χ1n) is 13.1. The van der Waals surface area contributed by atoms with Crippen molar-refractivity contribution in [1.82, 2.24) is 9.55 Å². The van der Waals surface area contributed by atoms with Gasteiger partial charge in [-0.1, -0.05) is 0 Å². The third-order valence-electron chi connectivity index (χ3n) is 8.97. The van der Waals surface area contributed by atoms with Crippen LogP contribution in [0.2, 0.25) is 0 Å². The number of benzene rings is 2. The monoisotopic (exact) mass is 566 g/mol. The Morgan fingerprint density at radius 3 is 2.83 bits per heavy atom. The van der Waals surface area contributed by atoms with Gasteiger partial charge in [-0.3, -0.25) is 9.36 Å². The normalized spacial score (nSPS) is 32.6. The number of phenols is 1. The molecular formula is C28H26N2O9S. The maximum atomic E-state index is 13.0. The van der Waals surface area contributed by atoms with Crippen molar-refractivity contribution in [1.29, 1.82) is 0 Å². The molecular weight excluding hydrogens is 540 g/mol. The summed E-state index contributed by atoms with van der Waals surface area (Å²) < 4.78 is 45.5. The molecule has 40 heavy (non-hydrogen) atoms. The first-order chi connectivity index (χ1) is 19.3. The first kappa shape index (κ1) is 24.5. The van der Waals surface area contributed by atoms with E-state index in [1.165, 1.54) is 7.11 Å². The molecule has 0 saturated carbocycles. The number of thiocarbonyl (C=S) groups is 1. The molecule has 2 bridgehead atoms. The number of rotatable bonds is 4. The van der Waals surface area contributed by atoms with Crippen molar-refractivity contribution in [2.45, 2.75) is 55.6 Å². The van der Waals surface area contributed by atoms with Crippen LogP contribution in [0, 0.1) is 6.92 Å². The lowest BCUT2D eigenvalue weighted by molar-refractivity contribution is -0.293. The molecule has 208 valence electrons. The third-order valence-corrected chi connectivity index (χ3v) is 9.30. The summed E-state index contributed by atoms with van der Waals surface area (Å²) in [4.78, 5) is 17.0. The van der Waals surface area contributed by atoms with E-state index >= 15 is 0 Å². The summed E-state index contributed by atoms with van der Waals surface area (Å²) in [6.45, 7) is 2.10. The Morgan fingerprint density at radius 1 is 1.30 bits per heavy atom. The fourth-order valence-corrected chi connectivity index (χ4v) is 7.34. The lowest BCUT2D eigenvalue weighted by atomic mass is 9.78. The van der Waals surface area contributed by atoms with Gasteiger partial charge in [0.1, 0.15) is 36.3 Å². The number of ether oxygens (including phenoxy) is 7. The van der Waals surface area contributed by atoms with E-state index in [0.717, 1.165) is 5.56 Å². The summed E-state index contributed by atoms with van der Waals surface area (Å²) in [5.74, 6) is -2.11. The highest BCUT2D eigenvalue weighted by Crippen LogP contribution is 2.71. The Bertz CT molecular complexity index is 1630. The van der Waals surface area contributed by atoms with Gasteiger partial charge in [-0.15, -0.1) is 0 Å². The number of ketones is 1. The van der Waals surface area contributed by atoms with Crippen LogP contribution in [0.4, 0.5) is 0 Å². The number of epoxide rings is 1. The standard InChI is InChI=1S/C28H26N2O9S/c1-13-9-15-19(20(32)18-14(21(15)33-2)5-4-6-16(18)31)22-17(13)23-24-28(34-3,38-22)26(10-36-26)27(37-23,39-24)11-35-25(40)30-8-7-29-12-30/h7-9,12,23-24,32H,4-6,10-11H2,1-3H3/t23-,24-,26+,27+,28?/m0/s1. The first-order valence-corrected chi connectivity index (χ1v) is 13.5. The zero-order chi connectivity index (χ0) is 27.6.